The molecule has 2 aliphatic rings. The number of nitrogens with zero attached hydrogens (tertiary/aromatic N) is 1. The molecule has 0 aromatic heterocycles. The van der Waals surface area contributed by atoms with Gasteiger partial charge in [0.05, 0.1) is 25.4 Å². The highest BCUT2D eigenvalue weighted by Crippen LogP contribution is 2.25. The van der Waals surface area contributed by atoms with Crippen molar-refractivity contribution in [1.82, 2.24) is 10.2 Å². The van der Waals surface area contributed by atoms with Gasteiger partial charge in [0.15, 0.2) is 0 Å². The van der Waals surface area contributed by atoms with E-state index in [9.17, 15) is 0 Å². The SMILES string of the molecule is C[C@H](NCC[C@H]1CCCO1)[C@H](c1ccccc1)N1CCOCC1. The van der Waals surface area contributed by atoms with Gasteiger partial charge in [-0.25, -0.2) is 0 Å². The summed E-state index contributed by atoms with van der Waals surface area (Å²) in [5.74, 6) is 0. The summed E-state index contributed by atoms with van der Waals surface area (Å²) in [7, 11) is 0. The lowest BCUT2D eigenvalue weighted by molar-refractivity contribution is 0.00832. The Morgan fingerprint density at radius 3 is 2.65 bits per heavy atom. The van der Waals surface area contributed by atoms with E-state index in [1.165, 1.54) is 18.4 Å². The third-order valence-electron chi connectivity index (χ3n) is 5.01. The van der Waals surface area contributed by atoms with Gasteiger partial charge in [-0.1, -0.05) is 30.3 Å². The number of hydrogen-bond donors (Lipinski definition) is 1. The number of ether oxygens (including phenoxy) is 2. The Kier molecular flexibility index (Phi) is 6.46. The maximum atomic E-state index is 5.73. The molecule has 0 radical (unpaired) electrons. The summed E-state index contributed by atoms with van der Waals surface area (Å²) < 4.78 is 11.3. The summed E-state index contributed by atoms with van der Waals surface area (Å²) in [6, 6.07) is 11.7. The lowest BCUT2D eigenvalue weighted by Crippen LogP contribution is -2.47. The highest BCUT2D eigenvalue weighted by atomic mass is 16.5. The van der Waals surface area contributed by atoms with E-state index in [1.807, 2.05) is 0 Å². The second-order valence-corrected chi connectivity index (χ2v) is 6.67. The van der Waals surface area contributed by atoms with Gasteiger partial charge < -0.3 is 14.8 Å². The highest BCUT2D eigenvalue weighted by molar-refractivity contribution is 5.21. The summed E-state index contributed by atoms with van der Waals surface area (Å²) in [6.07, 6.45) is 4.03. The number of hydrogen-bond acceptors (Lipinski definition) is 4. The smallest absolute Gasteiger partial charge is 0.0594 e. The van der Waals surface area contributed by atoms with Gasteiger partial charge in [-0.2, -0.15) is 0 Å². The van der Waals surface area contributed by atoms with Crippen LogP contribution in [0.1, 0.15) is 37.8 Å². The van der Waals surface area contributed by atoms with Crippen LogP contribution in [0.2, 0.25) is 0 Å². The van der Waals surface area contributed by atoms with Crippen molar-refractivity contribution < 1.29 is 9.47 Å². The standard InChI is InChI=1S/C19H30N2O2/c1-16(20-10-9-18-8-5-13-23-18)19(17-6-3-2-4-7-17)21-11-14-22-15-12-21/h2-4,6-7,16,18-20H,5,8-15H2,1H3/t16-,18+,19+/m0/s1. The molecule has 0 aliphatic carbocycles. The minimum Gasteiger partial charge on any atom is -0.379 e. The molecule has 0 spiro atoms. The molecule has 2 saturated heterocycles. The molecule has 0 amide bonds. The molecule has 2 heterocycles. The van der Waals surface area contributed by atoms with E-state index in [2.05, 4.69) is 47.5 Å². The molecule has 2 fully saturated rings. The molecule has 23 heavy (non-hydrogen) atoms. The number of rotatable bonds is 7. The Balaban J connectivity index is 1.59. The van der Waals surface area contributed by atoms with E-state index in [4.69, 9.17) is 9.47 Å². The predicted octanol–water partition coefficient (Wildman–Crippen LogP) is 2.61. The van der Waals surface area contributed by atoms with E-state index < -0.39 is 0 Å². The van der Waals surface area contributed by atoms with E-state index in [0.717, 1.165) is 45.9 Å². The number of morpholine rings is 1. The molecule has 3 rings (SSSR count). The van der Waals surface area contributed by atoms with Gasteiger partial charge in [-0.05, 0) is 38.3 Å². The first-order valence-corrected chi connectivity index (χ1v) is 9.06. The Hall–Kier alpha value is -0.940. The zero-order valence-electron chi connectivity index (χ0n) is 14.2. The molecule has 1 aromatic carbocycles. The van der Waals surface area contributed by atoms with Gasteiger partial charge in [0.1, 0.15) is 0 Å². The van der Waals surface area contributed by atoms with Crippen LogP contribution in [0.5, 0.6) is 0 Å². The van der Waals surface area contributed by atoms with Gasteiger partial charge >= 0.3 is 0 Å². The Bertz CT molecular complexity index is 442. The maximum Gasteiger partial charge on any atom is 0.0594 e. The van der Waals surface area contributed by atoms with Crippen molar-refractivity contribution in [2.24, 2.45) is 0 Å². The van der Waals surface area contributed by atoms with Crippen LogP contribution in [-0.4, -0.2) is 56.5 Å². The number of nitrogens with one attached hydrogen (secondary N) is 1. The van der Waals surface area contributed by atoms with Crippen molar-refractivity contribution in [2.45, 2.75) is 44.4 Å². The van der Waals surface area contributed by atoms with Crippen molar-refractivity contribution in [2.75, 3.05) is 39.5 Å². The van der Waals surface area contributed by atoms with Gasteiger partial charge in [-0.15, -0.1) is 0 Å². The second-order valence-electron chi connectivity index (χ2n) is 6.67. The first-order valence-electron chi connectivity index (χ1n) is 9.06. The second kappa shape index (κ2) is 8.78. The van der Waals surface area contributed by atoms with Crippen LogP contribution in [0.15, 0.2) is 30.3 Å². The van der Waals surface area contributed by atoms with Gasteiger partial charge in [0, 0.05) is 25.7 Å². The average Bonchev–Trinajstić information content (AvgIpc) is 3.10. The number of benzene rings is 1. The molecular formula is C19H30N2O2. The lowest BCUT2D eigenvalue weighted by Gasteiger charge is -2.38. The summed E-state index contributed by atoms with van der Waals surface area (Å²) in [5, 5.41) is 3.74. The monoisotopic (exact) mass is 318 g/mol. The molecule has 128 valence electrons. The van der Waals surface area contributed by atoms with Gasteiger partial charge in [0.2, 0.25) is 0 Å². The van der Waals surface area contributed by atoms with Crippen LogP contribution >= 0.6 is 0 Å². The largest absolute Gasteiger partial charge is 0.379 e. The van der Waals surface area contributed by atoms with Crippen molar-refractivity contribution in [1.29, 1.82) is 0 Å². The van der Waals surface area contributed by atoms with Crippen LogP contribution in [0, 0.1) is 0 Å². The molecule has 1 N–H and O–H groups in total. The first kappa shape index (κ1) is 16.9. The third kappa shape index (κ3) is 4.77. The highest BCUT2D eigenvalue weighted by Gasteiger charge is 2.27. The van der Waals surface area contributed by atoms with Crippen molar-refractivity contribution >= 4 is 0 Å². The first-order chi connectivity index (χ1) is 11.3. The average molecular weight is 318 g/mol. The maximum absolute atomic E-state index is 5.73. The quantitative estimate of drug-likeness (QED) is 0.838. The predicted molar refractivity (Wildman–Crippen MR) is 92.6 cm³/mol. The van der Waals surface area contributed by atoms with Crippen LogP contribution in [0.3, 0.4) is 0 Å². The van der Waals surface area contributed by atoms with E-state index >= 15 is 0 Å². The Morgan fingerprint density at radius 2 is 1.96 bits per heavy atom. The Labute approximate surface area is 140 Å². The third-order valence-corrected chi connectivity index (χ3v) is 5.01. The molecule has 0 saturated carbocycles. The van der Waals surface area contributed by atoms with Crippen molar-refractivity contribution in [3.05, 3.63) is 35.9 Å². The fourth-order valence-electron chi connectivity index (χ4n) is 3.78. The Morgan fingerprint density at radius 1 is 1.17 bits per heavy atom. The fourth-order valence-corrected chi connectivity index (χ4v) is 3.78. The van der Waals surface area contributed by atoms with Gasteiger partial charge in [0.25, 0.3) is 0 Å². The molecule has 1 aromatic rings. The summed E-state index contributed by atoms with van der Waals surface area (Å²) in [4.78, 5) is 2.56. The van der Waals surface area contributed by atoms with Crippen molar-refractivity contribution in [3.63, 3.8) is 0 Å². The van der Waals surface area contributed by atoms with Crippen LogP contribution < -0.4 is 5.32 Å². The zero-order chi connectivity index (χ0) is 15.9. The summed E-state index contributed by atoms with van der Waals surface area (Å²) in [6.45, 7) is 7.98. The molecular weight excluding hydrogens is 288 g/mol. The van der Waals surface area contributed by atoms with E-state index in [1.54, 1.807) is 0 Å². The van der Waals surface area contributed by atoms with E-state index in [0.29, 0.717) is 18.2 Å². The van der Waals surface area contributed by atoms with E-state index in [-0.39, 0.29) is 0 Å². The summed E-state index contributed by atoms with van der Waals surface area (Å²) >= 11 is 0. The fraction of sp³-hybridized carbons (Fsp3) is 0.684. The minimum atomic E-state index is 0.407. The van der Waals surface area contributed by atoms with Crippen molar-refractivity contribution in [3.8, 4) is 0 Å². The van der Waals surface area contributed by atoms with Gasteiger partial charge in [-0.3, -0.25) is 4.90 Å². The molecule has 0 unspecified atom stereocenters. The minimum absolute atomic E-state index is 0.407. The topological polar surface area (TPSA) is 33.7 Å². The molecule has 4 nitrogen and oxygen atoms in total. The molecule has 0 bridgehead atoms. The lowest BCUT2D eigenvalue weighted by atomic mass is 9.98. The molecule has 3 atom stereocenters. The normalized spacial score (nSPS) is 25.3. The summed E-state index contributed by atoms with van der Waals surface area (Å²) in [5.41, 5.74) is 1.39. The zero-order valence-corrected chi connectivity index (χ0v) is 14.2. The van der Waals surface area contributed by atoms with Crippen LogP contribution in [-0.2, 0) is 9.47 Å². The molecule has 4 heteroatoms. The van der Waals surface area contributed by atoms with Crippen LogP contribution in [0.4, 0.5) is 0 Å². The molecule has 2 aliphatic heterocycles. The van der Waals surface area contributed by atoms with Crippen LogP contribution in [0.25, 0.3) is 0 Å².